The number of alkyl carbamates (subject to hydrolysis) is 1. The molecule has 0 aromatic heterocycles. The van der Waals surface area contributed by atoms with E-state index in [9.17, 15) is 9.18 Å². The molecule has 0 aliphatic carbocycles. The third-order valence-electron chi connectivity index (χ3n) is 4.09. The molecule has 21 heavy (non-hydrogen) atoms. The fraction of sp³-hybridized carbons (Fsp3) is 0.933. The summed E-state index contributed by atoms with van der Waals surface area (Å²) in [5.41, 5.74) is -0.471. The summed E-state index contributed by atoms with van der Waals surface area (Å²) in [5.74, 6) is 0. The first-order valence-electron chi connectivity index (χ1n) is 7.93. The van der Waals surface area contributed by atoms with Gasteiger partial charge in [0.25, 0.3) is 0 Å². The minimum Gasteiger partial charge on any atom is -0.444 e. The van der Waals surface area contributed by atoms with Crippen molar-refractivity contribution < 1.29 is 13.9 Å². The Balaban J connectivity index is 1.74. The molecule has 0 bridgehead atoms. The molecular formula is C15H28FN3O2. The molecule has 2 aliphatic heterocycles. The summed E-state index contributed by atoms with van der Waals surface area (Å²) in [4.78, 5) is 14.0. The van der Waals surface area contributed by atoms with Crippen LogP contribution in [-0.4, -0.2) is 61.0 Å². The number of carbonyl (C=O) groups is 1. The van der Waals surface area contributed by atoms with Crippen LogP contribution in [0.25, 0.3) is 0 Å². The summed E-state index contributed by atoms with van der Waals surface area (Å²) >= 11 is 0. The fourth-order valence-electron chi connectivity index (χ4n) is 3.07. The van der Waals surface area contributed by atoms with Crippen molar-refractivity contribution in [2.45, 2.75) is 63.9 Å². The number of amides is 1. The summed E-state index contributed by atoms with van der Waals surface area (Å²) in [6, 6.07) is 0.171. The van der Waals surface area contributed by atoms with E-state index < -0.39 is 11.8 Å². The number of carbonyl (C=O) groups excluding carboxylic acids is 1. The smallest absolute Gasteiger partial charge is 0.407 e. The Labute approximate surface area is 126 Å². The zero-order chi connectivity index (χ0) is 15.5. The van der Waals surface area contributed by atoms with Crippen LogP contribution in [-0.2, 0) is 4.74 Å². The van der Waals surface area contributed by atoms with Gasteiger partial charge in [0.15, 0.2) is 0 Å². The Hall–Kier alpha value is -0.880. The van der Waals surface area contributed by atoms with Crippen molar-refractivity contribution in [1.29, 1.82) is 0 Å². The van der Waals surface area contributed by atoms with Gasteiger partial charge in [0.05, 0.1) is 0 Å². The molecule has 2 fully saturated rings. The van der Waals surface area contributed by atoms with E-state index in [1.807, 2.05) is 20.8 Å². The molecule has 2 rings (SSSR count). The molecular weight excluding hydrogens is 273 g/mol. The number of likely N-dealkylation sites (tertiary alicyclic amines) is 1. The number of hydrogen-bond donors (Lipinski definition) is 2. The highest BCUT2D eigenvalue weighted by atomic mass is 19.1. The van der Waals surface area contributed by atoms with Gasteiger partial charge in [0.2, 0.25) is 0 Å². The Bertz CT molecular complexity index is 351. The molecule has 5 nitrogen and oxygen atoms in total. The molecule has 0 aromatic carbocycles. The molecule has 122 valence electrons. The van der Waals surface area contributed by atoms with Crippen LogP contribution in [0.4, 0.5) is 9.18 Å². The Morgan fingerprint density at radius 3 is 2.52 bits per heavy atom. The van der Waals surface area contributed by atoms with E-state index in [1.165, 1.54) is 0 Å². The lowest BCUT2D eigenvalue weighted by molar-refractivity contribution is 0.0401. The molecule has 2 saturated heterocycles. The van der Waals surface area contributed by atoms with Crippen molar-refractivity contribution in [2.75, 3.05) is 26.2 Å². The van der Waals surface area contributed by atoms with E-state index in [2.05, 4.69) is 15.5 Å². The van der Waals surface area contributed by atoms with E-state index in [-0.39, 0.29) is 18.2 Å². The molecule has 0 saturated carbocycles. The van der Waals surface area contributed by atoms with Crippen LogP contribution < -0.4 is 10.6 Å². The summed E-state index contributed by atoms with van der Waals surface area (Å²) < 4.78 is 19.2. The molecule has 2 aliphatic rings. The molecule has 2 atom stereocenters. The predicted molar refractivity (Wildman–Crippen MR) is 80.1 cm³/mol. The van der Waals surface area contributed by atoms with Crippen molar-refractivity contribution in [2.24, 2.45) is 0 Å². The van der Waals surface area contributed by atoms with Gasteiger partial charge in [-0.1, -0.05) is 0 Å². The average molecular weight is 301 g/mol. The van der Waals surface area contributed by atoms with Gasteiger partial charge in [-0.05, 0) is 46.6 Å². The second-order valence-electron chi connectivity index (χ2n) is 7.03. The highest BCUT2D eigenvalue weighted by molar-refractivity contribution is 5.68. The lowest BCUT2D eigenvalue weighted by atomic mass is 9.97. The van der Waals surface area contributed by atoms with Gasteiger partial charge in [-0.3, -0.25) is 4.90 Å². The van der Waals surface area contributed by atoms with Gasteiger partial charge < -0.3 is 15.4 Å². The second kappa shape index (κ2) is 6.92. The number of nitrogens with one attached hydrogen (secondary N) is 2. The molecule has 1 amide bonds. The maximum atomic E-state index is 13.9. The molecule has 2 N–H and O–H groups in total. The Morgan fingerprint density at radius 1 is 1.29 bits per heavy atom. The van der Waals surface area contributed by atoms with E-state index in [1.54, 1.807) is 0 Å². The first kappa shape index (κ1) is 16.5. The lowest BCUT2D eigenvalue weighted by Crippen LogP contribution is -2.55. The number of piperidine rings is 2. The molecule has 0 spiro atoms. The number of halogens is 1. The predicted octanol–water partition coefficient (Wildman–Crippen LogP) is 1.68. The number of rotatable bonds is 2. The van der Waals surface area contributed by atoms with Gasteiger partial charge >= 0.3 is 6.09 Å². The normalized spacial score (nSPS) is 29.1. The summed E-state index contributed by atoms with van der Waals surface area (Å²) in [6.45, 7) is 8.59. The molecule has 0 aromatic rings. The standard InChI is InChI=1S/C15H28FN3O2/c1-15(2,3)21-14(20)18-11-5-8-19(9-6-11)13-4-7-17-10-12(13)16/h11-13,17H,4-10H2,1-3H3,(H,18,20). The SMILES string of the molecule is CC(C)(C)OC(=O)NC1CCN(C2CCNCC2F)CC1. The lowest BCUT2D eigenvalue weighted by Gasteiger charge is -2.41. The van der Waals surface area contributed by atoms with Crippen LogP contribution in [0, 0.1) is 0 Å². The van der Waals surface area contributed by atoms with Crippen molar-refractivity contribution in [1.82, 2.24) is 15.5 Å². The second-order valence-corrected chi connectivity index (χ2v) is 7.03. The molecule has 2 heterocycles. The van der Waals surface area contributed by atoms with Crippen molar-refractivity contribution in [3.63, 3.8) is 0 Å². The monoisotopic (exact) mass is 301 g/mol. The maximum absolute atomic E-state index is 13.9. The minimum absolute atomic E-state index is 0.0359. The van der Waals surface area contributed by atoms with Gasteiger partial charge in [0.1, 0.15) is 11.8 Å². The molecule has 0 radical (unpaired) electrons. The van der Waals surface area contributed by atoms with Gasteiger partial charge in [-0.25, -0.2) is 9.18 Å². The highest BCUT2D eigenvalue weighted by Gasteiger charge is 2.33. The number of alkyl halides is 1. The highest BCUT2D eigenvalue weighted by Crippen LogP contribution is 2.21. The van der Waals surface area contributed by atoms with E-state index in [4.69, 9.17) is 4.74 Å². The van der Waals surface area contributed by atoms with Crippen LogP contribution in [0.3, 0.4) is 0 Å². The summed E-state index contributed by atoms with van der Waals surface area (Å²) in [7, 11) is 0. The van der Waals surface area contributed by atoms with Gasteiger partial charge in [-0.2, -0.15) is 0 Å². The summed E-state index contributed by atoms with van der Waals surface area (Å²) in [5, 5.41) is 6.00. The average Bonchev–Trinajstić information content (AvgIpc) is 2.38. The van der Waals surface area contributed by atoms with E-state index in [0.717, 1.165) is 38.9 Å². The first-order chi connectivity index (χ1) is 9.85. The van der Waals surface area contributed by atoms with Gasteiger partial charge in [-0.15, -0.1) is 0 Å². The Kier molecular flexibility index (Phi) is 5.43. The van der Waals surface area contributed by atoms with E-state index >= 15 is 0 Å². The minimum atomic E-state index is -0.783. The van der Waals surface area contributed by atoms with Crippen molar-refractivity contribution in [3.05, 3.63) is 0 Å². The summed E-state index contributed by atoms with van der Waals surface area (Å²) in [6.07, 6.45) is 1.44. The molecule has 2 unspecified atom stereocenters. The Morgan fingerprint density at radius 2 is 1.95 bits per heavy atom. The zero-order valence-corrected chi connectivity index (χ0v) is 13.3. The van der Waals surface area contributed by atoms with Crippen LogP contribution in [0.15, 0.2) is 0 Å². The largest absolute Gasteiger partial charge is 0.444 e. The topological polar surface area (TPSA) is 53.6 Å². The number of hydrogen-bond acceptors (Lipinski definition) is 4. The van der Waals surface area contributed by atoms with Gasteiger partial charge in [0, 0.05) is 31.7 Å². The number of ether oxygens (including phenoxy) is 1. The fourth-order valence-corrected chi connectivity index (χ4v) is 3.07. The maximum Gasteiger partial charge on any atom is 0.407 e. The third kappa shape index (κ3) is 5.11. The van der Waals surface area contributed by atoms with Crippen LogP contribution in [0.5, 0.6) is 0 Å². The zero-order valence-electron chi connectivity index (χ0n) is 13.3. The van der Waals surface area contributed by atoms with Crippen LogP contribution in [0.2, 0.25) is 0 Å². The van der Waals surface area contributed by atoms with E-state index in [0.29, 0.717) is 6.54 Å². The quantitative estimate of drug-likeness (QED) is 0.815. The number of nitrogens with zero attached hydrogens (tertiary/aromatic N) is 1. The first-order valence-corrected chi connectivity index (χ1v) is 7.93. The van der Waals surface area contributed by atoms with Crippen LogP contribution in [0.1, 0.15) is 40.0 Å². The van der Waals surface area contributed by atoms with Crippen LogP contribution >= 0.6 is 0 Å². The van der Waals surface area contributed by atoms with Crippen molar-refractivity contribution >= 4 is 6.09 Å². The molecule has 6 heteroatoms. The van der Waals surface area contributed by atoms with Crippen molar-refractivity contribution in [3.8, 4) is 0 Å². The third-order valence-corrected chi connectivity index (χ3v) is 4.09.